The largest absolute Gasteiger partial charge is 0.481 e. The minimum absolute atomic E-state index is 0.0231. The van der Waals surface area contributed by atoms with Crippen LogP contribution >= 0.6 is 18.0 Å². The van der Waals surface area contributed by atoms with E-state index >= 15 is 0 Å². The SMILES string of the molecule is NC(CCC(=O)O)C(=O)O.O=C1OCCN1P(=O)(Cl)N1CCOC1=O. The second kappa shape index (κ2) is 8.88. The molecule has 0 radical (unpaired) electrons. The second-order valence-corrected chi connectivity index (χ2v) is 8.06. The maximum atomic E-state index is 12.1. The van der Waals surface area contributed by atoms with Crippen molar-refractivity contribution in [3.8, 4) is 0 Å². The first-order valence-electron chi connectivity index (χ1n) is 6.96. The number of ether oxygens (including phenoxy) is 2. The summed E-state index contributed by atoms with van der Waals surface area (Å²) >= 11 is 5.74. The molecule has 142 valence electrons. The van der Waals surface area contributed by atoms with Crippen LogP contribution in [0.25, 0.3) is 0 Å². The van der Waals surface area contributed by atoms with Crippen molar-refractivity contribution < 1.29 is 43.4 Å². The van der Waals surface area contributed by atoms with Crippen LogP contribution < -0.4 is 5.73 Å². The molecule has 25 heavy (non-hydrogen) atoms. The van der Waals surface area contributed by atoms with Crippen LogP contribution in [0.15, 0.2) is 0 Å². The number of carbonyl (C=O) groups excluding carboxylic acids is 2. The first kappa shape index (κ1) is 21.0. The molecule has 2 fully saturated rings. The van der Waals surface area contributed by atoms with Crippen molar-refractivity contribution in [2.75, 3.05) is 26.3 Å². The molecule has 2 saturated heterocycles. The van der Waals surface area contributed by atoms with Crippen LogP contribution in [0.5, 0.6) is 0 Å². The standard InChI is InChI=1S/C6H8ClN2O5P.C5H9NO4/c7-15(12,8-1-3-13-5(8)10)9-2-4-14-6(9)11;6-3(5(9)10)1-2-4(7)8/h1-4H2;3H,1-2,6H2,(H,7,8)(H,9,10). The highest BCUT2D eigenvalue weighted by atomic mass is 35.7. The maximum absolute atomic E-state index is 12.1. The quantitative estimate of drug-likeness (QED) is 0.531. The highest BCUT2D eigenvalue weighted by Crippen LogP contribution is 2.59. The van der Waals surface area contributed by atoms with Gasteiger partial charge in [-0.05, 0) is 17.7 Å². The summed E-state index contributed by atoms with van der Waals surface area (Å²) in [6, 6.07) is -1.06. The molecule has 2 aliphatic heterocycles. The average Bonchev–Trinajstić information content (AvgIpc) is 3.14. The van der Waals surface area contributed by atoms with Gasteiger partial charge in [0.1, 0.15) is 19.3 Å². The number of nitrogens with zero attached hydrogens (tertiary/aromatic N) is 2. The molecule has 0 spiro atoms. The topological polar surface area (TPSA) is 177 Å². The lowest BCUT2D eigenvalue weighted by molar-refractivity contribution is -0.139. The molecule has 0 aromatic carbocycles. The summed E-state index contributed by atoms with van der Waals surface area (Å²) in [7, 11) is 0. The van der Waals surface area contributed by atoms with Crippen LogP contribution in [0.2, 0.25) is 0 Å². The lowest BCUT2D eigenvalue weighted by Gasteiger charge is -2.25. The number of carboxylic acid groups (broad SMARTS) is 2. The van der Waals surface area contributed by atoms with Gasteiger partial charge in [0.25, 0.3) is 0 Å². The van der Waals surface area contributed by atoms with E-state index in [4.69, 9.17) is 27.2 Å². The number of hydrogen-bond acceptors (Lipinski definition) is 8. The Balaban J connectivity index is 0.000000275. The van der Waals surface area contributed by atoms with E-state index in [2.05, 4.69) is 9.47 Å². The number of nitrogens with two attached hydrogens (primary N) is 1. The maximum Gasteiger partial charge on any atom is 0.417 e. The van der Waals surface area contributed by atoms with Crippen LogP contribution in [-0.2, 0) is 23.6 Å². The van der Waals surface area contributed by atoms with Gasteiger partial charge in [0.05, 0.1) is 13.1 Å². The number of rotatable bonds is 6. The van der Waals surface area contributed by atoms with Crippen LogP contribution in [0.1, 0.15) is 12.8 Å². The first-order chi connectivity index (χ1) is 11.6. The van der Waals surface area contributed by atoms with Gasteiger partial charge in [-0.15, -0.1) is 0 Å². The van der Waals surface area contributed by atoms with E-state index in [0.29, 0.717) is 0 Å². The zero-order valence-electron chi connectivity index (χ0n) is 12.9. The number of carboxylic acids is 2. The molecule has 0 bridgehead atoms. The Bertz CT molecular complexity index is 571. The summed E-state index contributed by atoms with van der Waals surface area (Å²) in [6.45, 7) is -3.23. The number of carbonyl (C=O) groups is 4. The molecular formula is C11H17ClN3O9P. The Labute approximate surface area is 146 Å². The predicted octanol–water partition coefficient (Wildman–Crippen LogP) is 0.501. The van der Waals surface area contributed by atoms with Crippen molar-refractivity contribution in [3.63, 3.8) is 0 Å². The van der Waals surface area contributed by atoms with Gasteiger partial charge in [0, 0.05) is 6.42 Å². The van der Waals surface area contributed by atoms with Gasteiger partial charge in [0.15, 0.2) is 0 Å². The van der Waals surface area contributed by atoms with Crippen molar-refractivity contribution in [1.29, 1.82) is 0 Å². The molecule has 14 heteroatoms. The van der Waals surface area contributed by atoms with E-state index in [1.807, 2.05) is 0 Å². The molecule has 1 unspecified atom stereocenters. The molecule has 0 aromatic rings. The van der Waals surface area contributed by atoms with E-state index in [9.17, 15) is 23.7 Å². The van der Waals surface area contributed by atoms with Gasteiger partial charge >= 0.3 is 30.9 Å². The lowest BCUT2D eigenvalue weighted by Crippen LogP contribution is -2.30. The zero-order chi connectivity index (χ0) is 19.2. The van der Waals surface area contributed by atoms with E-state index in [1.54, 1.807) is 0 Å². The van der Waals surface area contributed by atoms with Crippen molar-refractivity contribution in [2.45, 2.75) is 18.9 Å². The molecule has 12 nitrogen and oxygen atoms in total. The van der Waals surface area contributed by atoms with Crippen LogP contribution in [0, 0.1) is 0 Å². The number of aliphatic carboxylic acids is 2. The summed E-state index contributed by atoms with van der Waals surface area (Å²) in [5, 5.41) is 16.3. The second-order valence-electron chi connectivity index (χ2n) is 4.83. The highest BCUT2D eigenvalue weighted by Gasteiger charge is 2.47. The zero-order valence-corrected chi connectivity index (χ0v) is 14.5. The van der Waals surface area contributed by atoms with Crippen LogP contribution in [0.3, 0.4) is 0 Å². The van der Waals surface area contributed by atoms with Crippen LogP contribution in [0.4, 0.5) is 9.59 Å². The van der Waals surface area contributed by atoms with Crippen molar-refractivity contribution in [2.24, 2.45) is 5.73 Å². The van der Waals surface area contributed by atoms with Gasteiger partial charge in [-0.2, -0.15) is 0 Å². The highest BCUT2D eigenvalue weighted by molar-refractivity contribution is 7.86. The molecule has 2 amide bonds. The van der Waals surface area contributed by atoms with E-state index in [-0.39, 0.29) is 39.1 Å². The molecule has 0 aliphatic carbocycles. The van der Waals surface area contributed by atoms with E-state index < -0.39 is 37.0 Å². The lowest BCUT2D eigenvalue weighted by atomic mass is 10.2. The van der Waals surface area contributed by atoms with Gasteiger partial charge < -0.3 is 25.4 Å². The average molecular weight is 402 g/mol. The Morgan fingerprint density at radius 1 is 1.16 bits per heavy atom. The monoisotopic (exact) mass is 401 g/mol. The molecule has 4 N–H and O–H groups in total. The fourth-order valence-corrected chi connectivity index (χ4v) is 4.01. The van der Waals surface area contributed by atoms with Crippen molar-refractivity contribution >= 4 is 42.2 Å². The molecule has 0 aromatic heterocycles. The Morgan fingerprint density at radius 3 is 1.88 bits per heavy atom. The van der Waals surface area contributed by atoms with E-state index in [0.717, 1.165) is 9.34 Å². The minimum Gasteiger partial charge on any atom is -0.481 e. The normalized spacial score (nSPS) is 18.2. The summed E-state index contributed by atoms with van der Waals surface area (Å²) in [5.41, 5.74) is 5.00. The number of amides is 2. The Hall–Kier alpha value is -2.04. The summed E-state index contributed by atoms with van der Waals surface area (Å²) in [5.74, 6) is -2.20. The van der Waals surface area contributed by atoms with Crippen molar-refractivity contribution in [1.82, 2.24) is 9.34 Å². The van der Waals surface area contributed by atoms with Gasteiger partial charge in [-0.1, -0.05) is 0 Å². The Morgan fingerprint density at radius 2 is 1.60 bits per heavy atom. The minimum atomic E-state index is -3.71. The number of halogens is 1. The molecule has 2 heterocycles. The van der Waals surface area contributed by atoms with Gasteiger partial charge in [-0.25, -0.2) is 18.9 Å². The third-order valence-electron chi connectivity index (χ3n) is 3.06. The predicted molar refractivity (Wildman–Crippen MR) is 82.0 cm³/mol. The number of cyclic esters (lactones) is 2. The van der Waals surface area contributed by atoms with E-state index in [1.165, 1.54) is 0 Å². The van der Waals surface area contributed by atoms with Crippen molar-refractivity contribution in [3.05, 3.63) is 0 Å². The fraction of sp³-hybridized carbons (Fsp3) is 0.636. The van der Waals surface area contributed by atoms with Gasteiger partial charge in [0.2, 0.25) is 0 Å². The fourth-order valence-electron chi connectivity index (χ4n) is 1.75. The van der Waals surface area contributed by atoms with Gasteiger partial charge in [-0.3, -0.25) is 14.2 Å². The smallest absolute Gasteiger partial charge is 0.417 e. The third-order valence-corrected chi connectivity index (χ3v) is 6.07. The Kier molecular flexibility index (Phi) is 7.46. The summed E-state index contributed by atoms with van der Waals surface area (Å²) in [4.78, 5) is 42.2. The molecule has 2 aliphatic rings. The van der Waals surface area contributed by atoms with Crippen LogP contribution in [-0.4, -0.2) is 76.0 Å². The molecule has 1 atom stereocenters. The first-order valence-corrected chi connectivity index (χ1v) is 9.48. The number of hydrogen-bond donors (Lipinski definition) is 3. The summed E-state index contributed by atoms with van der Waals surface area (Å²) in [6.07, 6.45) is -1.76. The summed E-state index contributed by atoms with van der Waals surface area (Å²) < 4.78 is 23.0. The molecule has 2 rings (SSSR count). The molecule has 0 saturated carbocycles. The third kappa shape index (κ3) is 5.76. The molecular weight excluding hydrogens is 385 g/mol.